The SMILES string of the molecule is CC1(C)CCc2cc(-c3cccc(C(F)(F)F)c3)ccc2C1NC(=O)O[C@@H]1CN2CCC1CC2. The molecule has 4 nitrogen and oxygen atoms in total. The van der Waals surface area contributed by atoms with Gasteiger partial charge in [0.1, 0.15) is 6.10 Å². The third-order valence-corrected chi connectivity index (χ3v) is 7.91. The van der Waals surface area contributed by atoms with Crippen LogP contribution in [0.3, 0.4) is 0 Å². The largest absolute Gasteiger partial charge is 0.445 e. The molecule has 6 rings (SSSR count). The minimum absolute atomic E-state index is 0.0584. The highest BCUT2D eigenvalue weighted by Crippen LogP contribution is 2.45. The van der Waals surface area contributed by atoms with Crippen LogP contribution in [0.2, 0.25) is 0 Å². The number of benzene rings is 2. The van der Waals surface area contributed by atoms with E-state index in [0.717, 1.165) is 68.1 Å². The smallest absolute Gasteiger partial charge is 0.416 e. The average molecular weight is 473 g/mol. The van der Waals surface area contributed by atoms with Gasteiger partial charge >= 0.3 is 12.3 Å². The van der Waals surface area contributed by atoms with Gasteiger partial charge in [-0.15, -0.1) is 0 Å². The van der Waals surface area contributed by atoms with E-state index in [4.69, 9.17) is 4.74 Å². The molecule has 7 heteroatoms. The van der Waals surface area contributed by atoms with Crippen molar-refractivity contribution < 1.29 is 22.7 Å². The molecule has 0 aromatic heterocycles. The van der Waals surface area contributed by atoms with Gasteiger partial charge in [0, 0.05) is 6.54 Å². The summed E-state index contributed by atoms with van der Waals surface area (Å²) in [5.41, 5.74) is 2.53. The molecule has 3 saturated heterocycles. The molecule has 0 radical (unpaired) electrons. The van der Waals surface area contributed by atoms with E-state index >= 15 is 0 Å². The van der Waals surface area contributed by atoms with E-state index in [9.17, 15) is 18.0 Å². The molecule has 1 unspecified atom stereocenters. The fourth-order valence-corrected chi connectivity index (χ4v) is 5.79. The van der Waals surface area contributed by atoms with E-state index in [2.05, 4.69) is 24.1 Å². The maximum Gasteiger partial charge on any atom is 0.416 e. The van der Waals surface area contributed by atoms with Crippen molar-refractivity contribution in [2.75, 3.05) is 19.6 Å². The first-order chi connectivity index (χ1) is 16.1. The van der Waals surface area contributed by atoms with Crippen LogP contribution in [0, 0.1) is 11.3 Å². The lowest BCUT2D eigenvalue weighted by Crippen LogP contribution is -2.53. The number of piperidine rings is 3. The van der Waals surface area contributed by atoms with Gasteiger partial charge in [0.2, 0.25) is 0 Å². The molecule has 3 fully saturated rings. The van der Waals surface area contributed by atoms with Gasteiger partial charge in [-0.3, -0.25) is 4.90 Å². The van der Waals surface area contributed by atoms with Gasteiger partial charge in [-0.2, -0.15) is 13.2 Å². The van der Waals surface area contributed by atoms with Gasteiger partial charge in [-0.25, -0.2) is 4.79 Å². The lowest BCUT2D eigenvalue weighted by atomic mass is 9.70. The Bertz CT molecular complexity index is 1070. The number of rotatable bonds is 3. The number of hydrogen-bond donors (Lipinski definition) is 1. The average Bonchev–Trinajstić information content (AvgIpc) is 2.81. The molecular weight excluding hydrogens is 441 g/mol. The van der Waals surface area contributed by atoms with Crippen molar-refractivity contribution in [3.8, 4) is 11.1 Å². The lowest BCUT2D eigenvalue weighted by molar-refractivity contribution is -0.137. The van der Waals surface area contributed by atoms with Crippen LogP contribution < -0.4 is 5.32 Å². The second kappa shape index (κ2) is 8.59. The summed E-state index contributed by atoms with van der Waals surface area (Å²) in [4.78, 5) is 15.3. The summed E-state index contributed by atoms with van der Waals surface area (Å²) >= 11 is 0. The number of carbonyl (C=O) groups is 1. The summed E-state index contributed by atoms with van der Waals surface area (Å²) < 4.78 is 45.4. The standard InChI is InChI=1S/C27H31F3N2O2/c1-26(2)11-8-20-14-19(18-4-3-5-21(15-18)27(28,29)30)6-7-22(20)24(26)31-25(33)34-23-16-32-12-9-17(23)10-13-32/h3-7,14-15,17,23-24H,8-13,16H2,1-2H3,(H,31,33)/t23-,24?/m1/s1. The number of nitrogens with one attached hydrogen (secondary N) is 1. The van der Waals surface area contributed by atoms with Gasteiger partial charge in [-0.1, -0.05) is 44.2 Å². The number of aryl methyl sites for hydroxylation is 1. The van der Waals surface area contributed by atoms with Crippen LogP contribution in [0.1, 0.15) is 55.8 Å². The summed E-state index contributed by atoms with van der Waals surface area (Å²) in [6.45, 7) is 7.25. The topological polar surface area (TPSA) is 41.6 Å². The van der Waals surface area contributed by atoms with Crippen LogP contribution in [0.15, 0.2) is 42.5 Å². The zero-order valence-corrected chi connectivity index (χ0v) is 19.6. The summed E-state index contributed by atoms with van der Waals surface area (Å²) in [6, 6.07) is 11.0. The van der Waals surface area contributed by atoms with Gasteiger partial charge in [0.05, 0.1) is 11.6 Å². The van der Waals surface area contributed by atoms with Crippen molar-refractivity contribution >= 4 is 6.09 Å². The van der Waals surface area contributed by atoms with Crippen LogP contribution in [0.25, 0.3) is 11.1 Å². The summed E-state index contributed by atoms with van der Waals surface area (Å²) in [5, 5.41) is 3.13. The summed E-state index contributed by atoms with van der Waals surface area (Å²) in [6.07, 6.45) is -0.997. The Labute approximate surface area is 198 Å². The Morgan fingerprint density at radius 2 is 1.82 bits per heavy atom. The Balaban J connectivity index is 1.36. The van der Waals surface area contributed by atoms with E-state index < -0.39 is 11.7 Å². The number of amides is 1. The normalized spacial score (nSPS) is 27.7. The van der Waals surface area contributed by atoms with Crippen LogP contribution in [-0.2, 0) is 17.3 Å². The highest BCUT2D eigenvalue weighted by atomic mass is 19.4. The van der Waals surface area contributed by atoms with E-state index in [1.165, 1.54) is 12.1 Å². The minimum atomic E-state index is -4.38. The van der Waals surface area contributed by atoms with Crippen molar-refractivity contribution in [1.29, 1.82) is 0 Å². The Morgan fingerprint density at radius 1 is 1.09 bits per heavy atom. The van der Waals surface area contributed by atoms with Crippen molar-refractivity contribution in [2.24, 2.45) is 11.3 Å². The number of carbonyl (C=O) groups excluding carboxylic acids is 1. The Morgan fingerprint density at radius 3 is 2.50 bits per heavy atom. The molecule has 182 valence electrons. The van der Waals surface area contributed by atoms with E-state index in [1.54, 1.807) is 6.07 Å². The maximum absolute atomic E-state index is 13.2. The predicted molar refractivity (Wildman–Crippen MR) is 124 cm³/mol. The van der Waals surface area contributed by atoms with Crippen LogP contribution in [0.4, 0.5) is 18.0 Å². The molecule has 0 spiro atoms. The molecule has 2 aromatic carbocycles. The van der Waals surface area contributed by atoms with Crippen molar-refractivity contribution in [3.63, 3.8) is 0 Å². The molecule has 3 aliphatic heterocycles. The summed E-state index contributed by atoms with van der Waals surface area (Å²) in [7, 11) is 0. The number of alkyl halides is 3. The fraction of sp³-hybridized carbons (Fsp3) is 0.519. The fourth-order valence-electron chi connectivity index (χ4n) is 5.79. The third-order valence-electron chi connectivity index (χ3n) is 7.91. The van der Waals surface area contributed by atoms with Crippen LogP contribution >= 0.6 is 0 Å². The van der Waals surface area contributed by atoms with Crippen molar-refractivity contribution in [1.82, 2.24) is 10.2 Å². The molecule has 4 aliphatic rings. The van der Waals surface area contributed by atoms with Gasteiger partial charge in [0.15, 0.2) is 0 Å². The molecule has 0 saturated carbocycles. The van der Waals surface area contributed by atoms with E-state index in [1.807, 2.05) is 18.2 Å². The predicted octanol–water partition coefficient (Wildman–Crippen LogP) is 6.21. The molecule has 2 bridgehead atoms. The first-order valence-electron chi connectivity index (χ1n) is 12.1. The zero-order valence-electron chi connectivity index (χ0n) is 19.6. The van der Waals surface area contributed by atoms with Crippen molar-refractivity contribution in [2.45, 2.75) is 57.9 Å². The van der Waals surface area contributed by atoms with E-state index in [-0.39, 0.29) is 23.7 Å². The number of fused-ring (bicyclic) bond motifs is 4. The second-order valence-electron chi connectivity index (χ2n) is 10.6. The first-order valence-corrected chi connectivity index (χ1v) is 12.1. The second-order valence-corrected chi connectivity index (χ2v) is 10.6. The quantitative estimate of drug-likeness (QED) is 0.578. The number of nitrogens with zero attached hydrogens (tertiary/aromatic N) is 1. The van der Waals surface area contributed by atoms with Crippen LogP contribution in [-0.4, -0.2) is 36.7 Å². The minimum Gasteiger partial charge on any atom is -0.445 e. The molecule has 34 heavy (non-hydrogen) atoms. The highest BCUT2D eigenvalue weighted by molar-refractivity contribution is 5.70. The maximum atomic E-state index is 13.2. The molecule has 1 N–H and O–H groups in total. The Hall–Kier alpha value is -2.54. The number of halogens is 3. The molecule has 3 heterocycles. The van der Waals surface area contributed by atoms with E-state index in [0.29, 0.717) is 11.5 Å². The molecular formula is C27H31F3N2O2. The molecule has 1 aliphatic carbocycles. The van der Waals surface area contributed by atoms with Gasteiger partial charge in [0.25, 0.3) is 0 Å². The number of alkyl carbamates (subject to hydrolysis) is 1. The molecule has 2 aromatic rings. The van der Waals surface area contributed by atoms with Crippen LogP contribution in [0.5, 0.6) is 0 Å². The Kier molecular flexibility index (Phi) is 5.87. The lowest BCUT2D eigenvalue weighted by Gasteiger charge is -2.44. The molecule has 1 amide bonds. The zero-order chi connectivity index (χ0) is 24.1. The third kappa shape index (κ3) is 4.54. The van der Waals surface area contributed by atoms with Gasteiger partial charge < -0.3 is 10.1 Å². The monoisotopic (exact) mass is 472 g/mol. The highest BCUT2D eigenvalue weighted by Gasteiger charge is 2.40. The summed E-state index contributed by atoms with van der Waals surface area (Å²) in [5.74, 6) is 0.442. The van der Waals surface area contributed by atoms with Crippen molar-refractivity contribution in [3.05, 3.63) is 59.2 Å². The number of hydrogen-bond acceptors (Lipinski definition) is 3. The first kappa shape index (κ1) is 23.2. The molecule has 2 atom stereocenters. The number of ether oxygens (including phenoxy) is 1. The van der Waals surface area contributed by atoms with Gasteiger partial charge in [-0.05, 0) is 84.5 Å².